The van der Waals surface area contributed by atoms with Gasteiger partial charge < -0.3 is 4.74 Å². The molecule has 0 bridgehead atoms. The third-order valence-electron chi connectivity index (χ3n) is 2.43. The highest BCUT2D eigenvalue weighted by atomic mass is 16.6. The van der Waals surface area contributed by atoms with Crippen LogP contribution in [0.25, 0.3) is 0 Å². The van der Waals surface area contributed by atoms with Crippen LogP contribution in [0.15, 0.2) is 42.0 Å². The Morgan fingerprint density at radius 2 is 2.07 bits per heavy atom. The van der Waals surface area contributed by atoms with Gasteiger partial charge in [-0.3, -0.25) is 0 Å². The molecule has 76 valence electrons. The number of hydrogen-bond acceptors (Lipinski definition) is 2. The molecule has 1 heterocycles. The van der Waals surface area contributed by atoms with E-state index in [0.717, 1.165) is 11.1 Å². The molecule has 0 spiro atoms. The fourth-order valence-electron chi connectivity index (χ4n) is 1.76. The second kappa shape index (κ2) is 3.52. The number of benzene rings is 1. The number of nitrogens with zero attached hydrogens (tertiary/aromatic N) is 1. The molecule has 0 saturated carbocycles. The number of rotatable bonds is 2. The zero-order valence-corrected chi connectivity index (χ0v) is 8.90. The van der Waals surface area contributed by atoms with Crippen LogP contribution in [0.3, 0.4) is 0 Å². The maximum absolute atomic E-state index is 9.12. The molecular weight excluding hydrogens is 186 g/mol. The predicted molar refractivity (Wildman–Crippen MR) is 58.0 cm³/mol. The summed E-state index contributed by atoms with van der Waals surface area (Å²) in [6.45, 7) is 3.95. The van der Waals surface area contributed by atoms with Crippen LogP contribution in [-0.4, -0.2) is 5.60 Å². The number of hydrogen-bond donors (Lipinski definition) is 0. The van der Waals surface area contributed by atoms with Crippen LogP contribution in [-0.2, 0) is 4.74 Å². The van der Waals surface area contributed by atoms with Gasteiger partial charge in [-0.2, -0.15) is 5.26 Å². The largest absolute Gasteiger partial charge is 0.341 e. The molecule has 0 amide bonds. The molecule has 0 aliphatic carbocycles. The topological polar surface area (TPSA) is 36.3 Å². The van der Waals surface area contributed by atoms with E-state index in [0.29, 0.717) is 0 Å². The molecule has 0 N–H and O–H groups in total. The van der Waals surface area contributed by atoms with Gasteiger partial charge in [-0.1, -0.05) is 35.9 Å². The van der Waals surface area contributed by atoms with Gasteiger partial charge in [-0.05, 0) is 25.5 Å². The molecule has 1 aliphatic rings. The molecular formula is C13H13NO. The average molecular weight is 199 g/mol. The summed E-state index contributed by atoms with van der Waals surface area (Å²) >= 11 is 0. The number of allylic oxidation sites excluding steroid dienone is 1. The number of nitriles is 1. The summed E-state index contributed by atoms with van der Waals surface area (Å²) in [5, 5.41) is 9.12. The van der Waals surface area contributed by atoms with Crippen molar-refractivity contribution in [2.24, 2.45) is 0 Å². The average Bonchev–Trinajstić information content (AvgIpc) is 2.94. The van der Waals surface area contributed by atoms with Crippen LogP contribution in [0.4, 0.5) is 0 Å². The number of epoxide rings is 1. The van der Waals surface area contributed by atoms with E-state index in [1.807, 2.05) is 50.3 Å². The Kier molecular flexibility index (Phi) is 2.34. The highest BCUT2D eigenvalue weighted by Crippen LogP contribution is 2.50. The maximum Gasteiger partial charge on any atom is 0.204 e. The van der Waals surface area contributed by atoms with Gasteiger partial charge in [0.15, 0.2) is 0 Å². The summed E-state index contributed by atoms with van der Waals surface area (Å²) < 4.78 is 5.51. The van der Waals surface area contributed by atoms with Crippen molar-refractivity contribution in [3.05, 3.63) is 47.5 Å². The molecule has 2 rings (SSSR count). The van der Waals surface area contributed by atoms with Gasteiger partial charge in [0.1, 0.15) is 12.2 Å². The highest BCUT2D eigenvalue weighted by molar-refractivity contribution is 5.38. The van der Waals surface area contributed by atoms with Crippen molar-refractivity contribution in [1.29, 1.82) is 5.26 Å². The molecule has 1 saturated heterocycles. The van der Waals surface area contributed by atoms with Crippen LogP contribution >= 0.6 is 0 Å². The zero-order valence-electron chi connectivity index (χ0n) is 8.90. The lowest BCUT2D eigenvalue weighted by Crippen LogP contribution is -2.04. The zero-order chi connectivity index (χ0) is 10.9. The Morgan fingerprint density at radius 1 is 1.40 bits per heavy atom. The van der Waals surface area contributed by atoms with E-state index in [4.69, 9.17) is 10.00 Å². The molecule has 1 aromatic carbocycles. The first-order valence-electron chi connectivity index (χ1n) is 4.98. The van der Waals surface area contributed by atoms with Crippen LogP contribution in [0.1, 0.15) is 25.5 Å². The first-order valence-corrected chi connectivity index (χ1v) is 4.98. The summed E-state index contributed by atoms with van der Waals surface area (Å²) in [7, 11) is 0. The van der Waals surface area contributed by atoms with Gasteiger partial charge in [0, 0.05) is 0 Å². The van der Waals surface area contributed by atoms with Crippen molar-refractivity contribution in [3.8, 4) is 6.07 Å². The summed E-state index contributed by atoms with van der Waals surface area (Å²) in [6.07, 6.45) is 1.79. The Hall–Kier alpha value is -1.59. The van der Waals surface area contributed by atoms with E-state index < -0.39 is 5.60 Å². The Labute approximate surface area is 89.8 Å². The first kappa shape index (κ1) is 9.95. The summed E-state index contributed by atoms with van der Waals surface area (Å²) in [5.41, 5.74) is 1.45. The lowest BCUT2D eigenvalue weighted by Gasteiger charge is -1.98. The monoisotopic (exact) mass is 199 g/mol. The fraction of sp³-hybridized carbons (Fsp3) is 0.308. The summed E-state index contributed by atoms with van der Waals surface area (Å²) in [4.78, 5) is 0. The molecule has 2 nitrogen and oxygen atoms in total. The SMILES string of the molecule is CC(C)=C[C@@]1(C#N)O[C@H]1c1ccccc1. The van der Waals surface area contributed by atoms with E-state index in [-0.39, 0.29) is 6.10 Å². The van der Waals surface area contributed by atoms with Gasteiger partial charge in [-0.25, -0.2) is 0 Å². The lowest BCUT2D eigenvalue weighted by atomic mass is 9.99. The Balaban J connectivity index is 2.25. The van der Waals surface area contributed by atoms with Gasteiger partial charge >= 0.3 is 0 Å². The summed E-state index contributed by atoms with van der Waals surface area (Å²) in [5.74, 6) is 0. The van der Waals surface area contributed by atoms with Crippen molar-refractivity contribution in [1.82, 2.24) is 0 Å². The minimum absolute atomic E-state index is 0.0985. The number of ether oxygens (including phenoxy) is 1. The predicted octanol–water partition coefficient (Wildman–Crippen LogP) is 2.99. The van der Waals surface area contributed by atoms with E-state index in [1.54, 1.807) is 0 Å². The minimum atomic E-state index is -0.722. The second-order valence-electron chi connectivity index (χ2n) is 4.04. The van der Waals surface area contributed by atoms with Crippen LogP contribution < -0.4 is 0 Å². The van der Waals surface area contributed by atoms with Crippen molar-refractivity contribution in [2.75, 3.05) is 0 Å². The quantitative estimate of drug-likeness (QED) is 0.542. The molecule has 15 heavy (non-hydrogen) atoms. The third-order valence-corrected chi connectivity index (χ3v) is 2.43. The van der Waals surface area contributed by atoms with Gasteiger partial charge in [0.05, 0.1) is 0 Å². The highest BCUT2D eigenvalue weighted by Gasteiger charge is 2.56. The Morgan fingerprint density at radius 3 is 2.60 bits per heavy atom. The normalized spacial score (nSPS) is 27.9. The smallest absolute Gasteiger partial charge is 0.204 e. The van der Waals surface area contributed by atoms with Crippen LogP contribution in [0.2, 0.25) is 0 Å². The minimum Gasteiger partial charge on any atom is -0.341 e. The standard InChI is InChI=1S/C13H13NO/c1-10(2)8-13(9-14)12(15-13)11-6-4-3-5-7-11/h3-8,12H,1-2H3/t12-,13-/m0/s1. The fourth-order valence-corrected chi connectivity index (χ4v) is 1.76. The second-order valence-corrected chi connectivity index (χ2v) is 4.04. The van der Waals surface area contributed by atoms with Gasteiger partial charge in [-0.15, -0.1) is 0 Å². The van der Waals surface area contributed by atoms with E-state index >= 15 is 0 Å². The van der Waals surface area contributed by atoms with E-state index in [1.165, 1.54) is 0 Å². The van der Waals surface area contributed by atoms with Crippen molar-refractivity contribution in [3.63, 3.8) is 0 Å². The molecule has 0 unspecified atom stereocenters. The summed E-state index contributed by atoms with van der Waals surface area (Å²) in [6, 6.07) is 12.1. The van der Waals surface area contributed by atoms with Crippen LogP contribution in [0.5, 0.6) is 0 Å². The van der Waals surface area contributed by atoms with Crippen molar-refractivity contribution >= 4 is 0 Å². The van der Waals surface area contributed by atoms with Gasteiger partial charge in [0.2, 0.25) is 5.60 Å². The van der Waals surface area contributed by atoms with E-state index in [2.05, 4.69) is 6.07 Å². The van der Waals surface area contributed by atoms with E-state index in [9.17, 15) is 0 Å². The first-order chi connectivity index (χ1) is 7.18. The Bertz CT molecular complexity index is 426. The lowest BCUT2D eigenvalue weighted by molar-refractivity contribution is 0.365. The molecule has 1 aliphatic heterocycles. The molecule has 0 aromatic heterocycles. The van der Waals surface area contributed by atoms with Crippen molar-refractivity contribution in [2.45, 2.75) is 25.6 Å². The molecule has 1 fully saturated rings. The van der Waals surface area contributed by atoms with Crippen molar-refractivity contribution < 1.29 is 4.74 Å². The molecule has 2 atom stereocenters. The van der Waals surface area contributed by atoms with Gasteiger partial charge in [0.25, 0.3) is 0 Å². The molecule has 0 radical (unpaired) electrons. The maximum atomic E-state index is 9.12. The molecule has 2 heteroatoms. The molecule has 1 aromatic rings. The van der Waals surface area contributed by atoms with Crippen LogP contribution in [0, 0.1) is 11.3 Å². The third kappa shape index (κ3) is 1.79.